The quantitative estimate of drug-likeness (QED) is 0.800. The van der Waals surface area contributed by atoms with E-state index in [-0.39, 0.29) is 12.4 Å². The van der Waals surface area contributed by atoms with Crippen molar-refractivity contribution in [3.8, 4) is 5.88 Å². The highest BCUT2D eigenvalue weighted by Gasteiger charge is 2.13. The van der Waals surface area contributed by atoms with Gasteiger partial charge in [0.25, 0.3) is 0 Å². The van der Waals surface area contributed by atoms with E-state index < -0.39 is 5.97 Å². The number of carbonyl (C=O) groups is 1. The monoisotopic (exact) mass is 261 g/mol. The van der Waals surface area contributed by atoms with Gasteiger partial charge in [0.15, 0.2) is 3.95 Å². The molecule has 0 aromatic carbocycles. The topological polar surface area (TPSA) is 62.5 Å². The van der Waals surface area contributed by atoms with E-state index in [2.05, 4.69) is 13.8 Å². The maximum atomic E-state index is 10.6. The van der Waals surface area contributed by atoms with Crippen LogP contribution in [0.5, 0.6) is 5.88 Å². The van der Waals surface area contributed by atoms with Crippen molar-refractivity contribution in [3.05, 3.63) is 8.83 Å². The van der Waals surface area contributed by atoms with E-state index in [9.17, 15) is 9.90 Å². The van der Waals surface area contributed by atoms with Gasteiger partial charge in [-0.25, -0.2) is 0 Å². The number of hydrogen-bond donors (Lipinski definition) is 2. The summed E-state index contributed by atoms with van der Waals surface area (Å²) in [4.78, 5) is 11.4. The Morgan fingerprint density at radius 2 is 2.19 bits per heavy atom. The number of thiazole rings is 1. The molecule has 2 N–H and O–H groups in total. The number of aliphatic carboxylic acids is 1. The van der Waals surface area contributed by atoms with Gasteiger partial charge in [0.1, 0.15) is 6.54 Å². The lowest BCUT2D eigenvalue weighted by atomic mass is 10.1. The van der Waals surface area contributed by atoms with Crippen LogP contribution in [0.1, 0.15) is 25.1 Å². The molecule has 0 aliphatic heterocycles. The van der Waals surface area contributed by atoms with Crippen molar-refractivity contribution < 1.29 is 15.0 Å². The predicted molar refractivity (Wildman–Crippen MR) is 65.6 cm³/mol. The second-order valence-corrected chi connectivity index (χ2v) is 5.76. The van der Waals surface area contributed by atoms with Crippen LogP contribution in [0.25, 0.3) is 0 Å². The van der Waals surface area contributed by atoms with Crippen LogP contribution in [-0.4, -0.2) is 20.7 Å². The Morgan fingerprint density at radius 3 is 2.69 bits per heavy atom. The number of carboxylic acid groups (broad SMARTS) is 1. The number of nitrogens with zero attached hydrogens (tertiary/aromatic N) is 1. The van der Waals surface area contributed by atoms with E-state index in [0.29, 0.717) is 9.87 Å². The zero-order valence-electron chi connectivity index (χ0n) is 9.27. The SMILES string of the molecule is CC(C)CCc1sc(=S)n(CC(=O)O)c1O. The standard InChI is InChI=1S/C10H15NO3S2/c1-6(2)3-4-7-9(14)11(5-8(12)13)10(15)16-7/h6,14H,3-5H2,1-2H3,(H,12,13). The van der Waals surface area contributed by atoms with Crippen molar-refractivity contribution in [2.45, 2.75) is 33.2 Å². The van der Waals surface area contributed by atoms with Crippen LogP contribution in [-0.2, 0) is 17.8 Å². The number of rotatable bonds is 5. The minimum absolute atomic E-state index is 0.0121. The van der Waals surface area contributed by atoms with Gasteiger partial charge in [-0.3, -0.25) is 9.36 Å². The lowest BCUT2D eigenvalue weighted by Crippen LogP contribution is -2.08. The van der Waals surface area contributed by atoms with E-state index >= 15 is 0 Å². The Labute approximate surface area is 103 Å². The third-order valence-corrected chi connectivity index (χ3v) is 3.68. The molecule has 1 aromatic rings. The first-order valence-electron chi connectivity index (χ1n) is 5.05. The van der Waals surface area contributed by atoms with Gasteiger partial charge < -0.3 is 10.2 Å². The Hall–Kier alpha value is -0.880. The minimum Gasteiger partial charge on any atom is -0.494 e. The minimum atomic E-state index is -1.00. The largest absolute Gasteiger partial charge is 0.494 e. The molecule has 0 aliphatic rings. The molecule has 0 fully saturated rings. The van der Waals surface area contributed by atoms with Crippen LogP contribution >= 0.6 is 23.6 Å². The lowest BCUT2D eigenvalue weighted by Gasteiger charge is -2.03. The number of carboxylic acids is 1. The van der Waals surface area contributed by atoms with Gasteiger partial charge in [-0.1, -0.05) is 13.8 Å². The van der Waals surface area contributed by atoms with Crippen molar-refractivity contribution in [1.29, 1.82) is 0 Å². The molecule has 0 amide bonds. The number of hydrogen-bond acceptors (Lipinski definition) is 4. The van der Waals surface area contributed by atoms with Gasteiger partial charge in [0, 0.05) is 0 Å². The summed E-state index contributed by atoms with van der Waals surface area (Å²) in [6.07, 6.45) is 1.69. The third kappa shape index (κ3) is 3.31. The first kappa shape index (κ1) is 13.2. The molecule has 1 heterocycles. The number of aryl methyl sites for hydroxylation is 1. The van der Waals surface area contributed by atoms with Crippen LogP contribution in [0, 0.1) is 9.87 Å². The number of aromatic nitrogens is 1. The van der Waals surface area contributed by atoms with Crippen LogP contribution in [0.4, 0.5) is 0 Å². The normalized spacial score (nSPS) is 10.9. The molecule has 16 heavy (non-hydrogen) atoms. The molecule has 4 nitrogen and oxygen atoms in total. The van der Waals surface area contributed by atoms with Gasteiger partial charge in [-0.05, 0) is 31.0 Å². The molecule has 0 spiro atoms. The van der Waals surface area contributed by atoms with Crippen molar-refractivity contribution in [3.63, 3.8) is 0 Å². The van der Waals surface area contributed by atoms with Gasteiger partial charge in [-0.2, -0.15) is 0 Å². The van der Waals surface area contributed by atoms with Gasteiger partial charge in [0.05, 0.1) is 4.88 Å². The molecular formula is C10H15NO3S2. The molecule has 1 rings (SSSR count). The Bertz CT molecular complexity index is 434. The highest BCUT2D eigenvalue weighted by molar-refractivity contribution is 7.73. The molecule has 6 heteroatoms. The molecule has 1 aromatic heterocycles. The first-order valence-corrected chi connectivity index (χ1v) is 6.27. The second-order valence-electron chi connectivity index (χ2n) is 4.03. The lowest BCUT2D eigenvalue weighted by molar-refractivity contribution is -0.137. The zero-order chi connectivity index (χ0) is 12.3. The van der Waals surface area contributed by atoms with E-state index in [0.717, 1.165) is 17.7 Å². The highest BCUT2D eigenvalue weighted by atomic mass is 32.1. The van der Waals surface area contributed by atoms with Gasteiger partial charge in [0.2, 0.25) is 5.88 Å². The summed E-state index contributed by atoms with van der Waals surface area (Å²) >= 11 is 6.31. The van der Waals surface area contributed by atoms with E-state index in [4.69, 9.17) is 17.3 Å². The summed E-state index contributed by atoms with van der Waals surface area (Å²) in [5.41, 5.74) is 0. The van der Waals surface area contributed by atoms with E-state index in [1.807, 2.05) is 0 Å². The molecule has 0 bridgehead atoms. The fourth-order valence-corrected chi connectivity index (χ4v) is 2.65. The second kappa shape index (κ2) is 5.45. The molecule has 0 saturated heterocycles. The summed E-state index contributed by atoms with van der Waals surface area (Å²) in [6, 6.07) is 0. The Balaban J connectivity index is 2.88. The molecule has 0 aliphatic carbocycles. The zero-order valence-corrected chi connectivity index (χ0v) is 10.9. The van der Waals surface area contributed by atoms with Gasteiger partial charge >= 0.3 is 5.97 Å². The van der Waals surface area contributed by atoms with Crippen LogP contribution < -0.4 is 0 Å². The number of aromatic hydroxyl groups is 1. The summed E-state index contributed by atoms with van der Waals surface area (Å²) in [5, 5.41) is 18.5. The maximum absolute atomic E-state index is 10.6. The Morgan fingerprint density at radius 1 is 1.56 bits per heavy atom. The first-order chi connectivity index (χ1) is 7.41. The van der Waals surface area contributed by atoms with Crippen molar-refractivity contribution in [2.75, 3.05) is 0 Å². The summed E-state index contributed by atoms with van der Waals surface area (Å²) in [7, 11) is 0. The van der Waals surface area contributed by atoms with Crippen molar-refractivity contribution in [1.82, 2.24) is 4.57 Å². The summed E-state index contributed by atoms with van der Waals surface area (Å²) < 4.78 is 1.68. The predicted octanol–water partition coefficient (Wildman–Crippen LogP) is 2.66. The van der Waals surface area contributed by atoms with Crippen LogP contribution in [0.15, 0.2) is 0 Å². The fourth-order valence-electron chi connectivity index (χ4n) is 1.30. The van der Waals surface area contributed by atoms with Crippen LogP contribution in [0.2, 0.25) is 0 Å². The molecule has 90 valence electrons. The van der Waals surface area contributed by atoms with Gasteiger partial charge in [-0.15, -0.1) is 11.3 Å². The average molecular weight is 261 g/mol. The van der Waals surface area contributed by atoms with E-state index in [1.54, 1.807) is 0 Å². The van der Waals surface area contributed by atoms with Crippen molar-refractivity contribution >= 4 is 29.5 Å². The molecule has 0 saturated carbocycles. The molecule has 0 unspecified atom stereocenters. The highest BCUT2D eigenvalue weighted by Crippen LogP contribution is 2.28. The summed E-state index contributed by atoms with van der Waals surface area (Å²) in [6.45, 7) is 3.93. The van der Waals surface area contributed by atoms with E-state index in [1.165, 1.54) is 15.9 Å². The fraction of sp³-hybridized carbons (Fsp3) is 0.600. The van der Waals surface area contributed by atoms with Crippen LogP contribution in [0.3, 0.4) is 0 Å². The van der Waals surface area contributed by atoms with Crippen molar-refractivity contribution in [2.24, 2.45) is 5.92 Å². The molecular weight excluding hydrogens is 246 g/mol. The maximum Gasteiger partial charge on any atom is 0.323 e. The summed E-state index contributed by atoms with van der Waals surface area (Å²) in [5.74, 6) is -0.444. The molecule has 0 radical (unpaired) electrons. The third-order valence-electron chi connectivity index (χ3n) is 2.18. The molecule has 0 atom stereocenters. The Kier molecular flexibility index (Phi) is 4.49. The smallest absolute Gasteiger partial charge is 0.323 e. The average Bonchev–Trinajstić information content (AvgIpc) is 2.42.